The van der Waals surface area contributed by atoms with Gasteiger partial charge in [-0.2, -0.15) is 4.99 Å². The van der Waals surface area contributed by atoms with Crippen LogP contribution in [0, 0.1) is 0 Å². The van der Waals surface area contributed by atoms with E-state index in [0.717, 1.165) is 0 Å². The summed E-state index contributed by atoms with van der Waals surface area (Å²) in [4.78, 5) is 14.1. The number of hydrogen-bond donors (Lipinski definition) is 2. The van der Waals surface area contributed by atoms with Crippen LogP contribution >= 0.6 is 0 Å². The van der Waals surface area contributed by atoms with Gasteiger partial charge in [0.1, 0.15) is 5.84 Å². The van der Waals surface area contributed by atoms with Crippen molar-refractivity contribution >= 4 is 11.9 Å². The molecule has 0 bridgehead atoms. The van der Waals surface area contributed by atoms with Gasteiger partial charge in [0.05, 0.1) is 6.61 Å². The first-order valence-corrected chi connectivity index (χ1v) is 3.51. The van der Waals surface area contributed by atoms with E-state index in [4.69, 9.17) is 11.5 Å². The van der Waals surface area contributed by atoms with Crippen LogP contribution in [0.15, 0.2) is 16.8 Å². The molecule has 68 valence electrons. The predicted octanol–water partition coefficient (Wildman–Crippen LogP) is 0.363. The lowest BCUT2D eigenvalue weighted by Gasteiger charge is -1.98. The normalized spacial score (nSPS) is 12.8. The first-order chi connectivity index (χ1) is 5.61. The van der Waals surface area contributed by atoms with Crippen LogP contribution in [0.1, 0.15) is 13.8 Å². The van der Waals surface area contributed by atoms with Gasteiger partial charge in [-0.05, 0) is 13.8 Å². The maximum absolute atomic E-state index is 10.7. The molecule has 1 amide bonds. The third kappa shape index (κ3) is 3.60. The van der Waals surface area contributed by atoms with E-state index in [-0.39, 0.29) is 12.4 Å². The molecular formula is C7H13N3O2. The summed E-state index contributed by atoms with van der Waals surface area (Å²) < 4.78 is 4.53. The molecule has 0 aliphatic carbocycles. The molecule has 0 aliphatic heterocycles. The van der Waals surface area contributed by atoms with Gasteiger partial charge >= 0.3 is 6.09 Å². The Labute approximate surface area is 71.1 Å². The Morgan fingerprint density at radius 2 is 2.25 bits per heavy atom. The zero-order valence-electron chi connectivity index (χ0n) is 7.20. The van der Waals surface area contributed by atoms with Crippen molar-refractivity contribution in [3.63, 3.8) is 0 Å². The van der Waals surface area contributed by atoms with Crippen molar-refractivity contribution in [1.82, 2.24) is 0 Å². The number of ether oxygens (including phenoxy) is 1. The first-order valence-electron chi connectivity index (χ1n) is 3.51. The fraction of sp³-hybridized carbons (Fsp3) is 0.429. The van der Waals surface area contributed by atoms with Gasteiger partial charge in [-0.3, -0.25) is 0 Å². The Kier molecular flexibility index (Phi) is 4.52. The molecule has 5 nitrogen and oxygen atoms in total. The van der Waals surface area contributed by atoms with Crippen molar-refractivity contribution in [2.45, 2.75) is 13.8 Å². The Bertz CT molecular complexity index is 221. The average molecular weight is 171 g/mol. The number of rotatable bonds is 2. The summed E-state index contributed by atoms with van der Waals surface area (Å²) in [6, 6.07) is 0. The molecule has 0 aromatic carbocycles. The van der Waals surface area contributed by atoms with E-state index in [1.807, 2.05) is 0 Å². The Morgan fingerprint density at radius 3 is 2.67 bits per heavy atom. The first kappa shape index (κ1) is 10.5. The second-order valence-corrected chi connectivity index (χ2v) is 2.05. The lowest BCUT2D eigenvalue weighted by atomic mass is 10.3. The van der Waals surface area contributed by atoms with Gasteiger partial charge in [-0.25, -0.2) is 4.79 Å². The molecule has 4 N–H and O–H groups in total. The van der Waals surface area contributed by atoms with Gasteiger partial charge in [-0.1, -0.05) is 0 Å². The van der Waals surface area contributed by atoms with Gasteiger partial charge in [0.2, 0.25) is 0 Å². The summed E-state index contributed by atoms with van der Waals surface area (Å²) in [6.07, 6.45) is 0.578. The van der Waals surface area contributed by atoms with Gasteiger partial charge in [0.25, 0.3) is 0 Å². The standard InChI is InChI=1S/C7H13N3O2/c1-3-12-7(11)10-6(9)5(2)4-8/h4H,3,8H2,1-2H3,(H2,9,10,11). The van der Waals surface area contributed by atoms with Crippen molar-refractivity contribution < 1.29 is 9.53 Å². The highest BCUT2D eigenvalue weighted by atomic mass is 16.5. The fourth-order valence-corrected chi connectivity index (χ4v) is 0.428. The van der Waals surface area contributed by atoms with E-state index in [9.17, 15) is 4.79 Å². The van der Waals surface area contributed by atoms with Crippen LogP contribution in [-0.2, 0) is 4.74 Å². The van der Waals surface area contributed by atoms with E-state index in [2.05, 4.69) is 9.73 Å². The number of carbonyl (C=O) groups is 1. The zero-order valence-corrected chi connectivity index (χ0v) is 7.20. The highest BCUT2D eigenvalue weighted by Crippen LogP contribution is 1.91. The molecule has 0 unspecified atom stereocenters. The molecule has 0 spiro atoms. The van der Waals surface area contributed by atoms with Crippen LogP contribution in [0.4, 0.5) is 4.79 Å². The second-order valence-electron chi connectivity index (χ2n) is 2.05. The average Bonchev–Trinajstić information content (AvgIpc) is 2.03. The summed E-state index contributed by atoms with van der Waals surface area (Å²) in [5.74, 6) is 0.0796. The molecule has 0 aromatic rings. The van der Waals surface area contributed by atoms with Crippen molar-refractivity contribution in [1.29, 1.82) is 0 Å². The van der Waals surface area contributed by atoms with Crippen molar-refractivity contribution in [3.8, 4) is 0 Å². The number of hydrogen-bond acceptors (Lipinski definition) is 3. The summed E-state index contributed by atoms with van der Waals surface area (Å²) >= 11 is 0. The number of nitrogens with zero attached hydrogens (tertiary/aromatic N) is 1. The lowest BCUT2D eigenvalue weighted by Crippen LogP contribution is -2.17. The molecule has 0 aromatic heterocycles. The van der Waals surface area contributed by atoms with Crippen LogP contribution in [0.5, 0.6) is 0 Å². The topological polar surface area (TPSA) is 90.7 Å². The van der Waals surface area contributed by atoms with Crippen LogP contribution in [0.2, 0.25) is 0 Å². The molecule has 0 rings (SSSR count). The quantitative estimate of drug-likeness (QED) is 0.463. The SMILES string of the molecule is CCOC(=O)/N=C(\N)C(C)=CN. The second kappa shape index (κ2) is 5.17. The molecule has 0 fully saturated rings. The molecule has 0 atom stereocenters. The molecule has 0 radical (unpaired) electrons. The van der Waals surface area contributed by atoms with Gasteiger partial charge < -0.3 is 16.2 Å². The monoisotopic (exact) mass is 171 g/mol. The van der Waals surface area contributed by atoms with Crippen molar-refractivity contribution in [2.75, 3.05) is 6.61 Å². The van der Waals surface area contributed by atoms with Crippen LogP contribution in [-0.4, -0.2) is 18.5 Å². The largest absolute Gasteiger partial charge is 0.448 e. The molecule has 0 saturated heterocycles. The summed E-state index contributed by atoms with van der Waals surface area (Å²) in [5.41, 5.74) is 11.1. The number of aliphatic imine (C=N–C) groups is 1. The minimum atomic E-state index is -0.698. The molecule has 5 heteroatoms. The summed E-state index contributed by atoms with van der Waals surface area (Å²) in [5, 5.41) is 0. The molecule has 0 aliphatic rings. The third-order valence-corrected chi connectivity index (χ3v) is 1.13. The Hall–Kier alpha value is -1.52. The van der Waals surface area contributed by atoms with E-state index >= 15 is 0 Å². The smallest absolute Gasteiger partial charge is 0.435 e. The fourth-order valence-electron chi connectivity index (χ4n) is 0.428. The summed E-state index contributed by atoms with van der Waals surface area (Å²) in [7, 11) is 0. The summed E-state index contributed by atoms with van der Waals surface area (Å²) in [6.45, 7) is 3.62. The van der Waals surface area contributed by atoms with Crippen molar-refractivity contribution in [3.05, 3.63) is 11.8 Å². The maximum atomic E-state index is 10.7. The highest BCUT2D eigenvalue weighted by Gasteiger charge is 2.00. The van der Waals surface area contributed by atoms with Crippen LogP contribution in [0.3, 0.4) is 0 Å². The molecule has 12 heavy (non-hydrogen) atoms. The number of amidine groups is 1. The van der Waals surface area contributed by atoms with Gasteiger partial charge in [0.15, 0.2) is 0 Å². The Morgan fingerprint density at radius 1 is 1.67 bits per heavy atom. The lowest BCUT2D eigenvalue weighted by molar-refractivity contribution is 0.163. The van der Waals surface area contributed by atoms with E-state index < -0.39 is 6.09 Å². The third-order valence-electron chi connectivity index (χ3n) is 1.13. The highest BCUT2D eigenvalue weighted by molar-refractivity contribution is 6.01. The van der Waals surface area contributed by atoms with E-state index in [1.54, 1.807) is 13.8 Å². The van der Waals surface area contributed by atoms with Gasteiger partial charge in [0, 0.05) is 11.8 Å². The minimum Gasteiger partial charge on any atom is -0.448 e. The number of amides is 1. The molecular weight excluding hydrogens is 158 g/mol. The Balaban J connectivity index is 4.26. The van der Waals surface area contributed by atoms with Gasteiger partial charge in [-0.15, -0.1) is 0 Å². The molecule has 0 heterocycles. The number of carbonyl (C=O) groups excluding carboxylic acids is 1. The molecule has 0 saturated carbocycles. The van der Waals surface area contributed by atoms with Crippen molar-refractivity contribution in [2.24, 2.45) is 16.5 Å². The van der Waals surface area contributed by atoms with E-state index in [1.165, 1.54) is 6.20 Å². The van der Waals surface area contributed by atoms with E-state index in [0.29, 0.717) is 5.57 Å². The minimum absolute atomic E-state index is 0.0796. The number of nitrogens with two attached hydrogens (primary N) is 2. The van der Waals surface area contributed by atoms with Crippen LogP contribution < -0.4 is 11.5 Å². The zero-order chi connectivity index (χ0) is 9.56. The maximum Gasteiger partial charge on any atom is 0.435 e. The predicted molar refractivity (Wildman–Crippen MR) is 46.6 cm³/mol. The van der Waals surface area contributed by atoms with Crippen LogP contribution in [0.25, 0.3) is 0 Å².